The molecule has 0 aromatic carbocycles. The van der Waals surface area contributed by atoms with Crippen molar-refractivity contribution in [3.8, 4) is 0 Å². The van der Waals surface area contributed by atoms with E-state index in [0.29, 0.717) is 0 Å². The van der Waals surface area contributed by atoms with Crippen LogP contribution in [-0.2, 0) is 24.0 Å². The zero-order valence-corrected chi connectivity index (χ0v) is 18.1. The predicted molar refractivity (Wildman–Crippen MR) is 111 cm³/mol. The van der Waals surface area contributed by atoms with E-state index in [-0.39, 0.29) is 32.2 Å². The summed E-state index contributed by atoms with van der Waals surface area (Å²) >= 11 is 0. The normalized spacial score (nSPS) is 13.4. The molecule has 0 spiro atoms. The SMILES string of the molecule is CC(C)[C@H](NC(=O)CNC(=O)[C@@H](N)CCC(=O)O)C(=O)N[C@@H](CCCNC(N)=O)C(=O)O. The van der Waals surface area contributed by atoms with Gasteiger partial charge >= 0.3 is 18.0 Å². The fourth-order valence-corrected chi connectivity index (χ4v) is 2.50. The van der Waals surface area contributed by atoms with Gasteiger partial charge in [-0.2, -0.15) is 0 Å². The van der Waals surface area contributed by atoms with Crippen molar-refractivity contribution in [2.45, 2.75) is 57.7 Å². The van der Waals surface area contributed by atoms with E-state index in [1.54, 1.807) is 13.8 Å². The highest BCUT2D eigenvalue weighted by Crippen LogP contribution is 2.05. The van der Waals surface area contributed by atoms with Crippen LogP contribution in [0.4, 0.5) is 4.79 Å². The Morgan fingerprint density at radius 3 is 2.03 bits per heavy atom. The fourth-order valence-electron chi connectivity index (χ4n) is 2.50. The second-order valence-electron chi connectivity index (χ2n) is 7.38. The van der Waals surface area contributed by atoms with E-state index in [4.69, 9.17) is 16.6 Å². The monoisotopic (exact) mass is 460 g/mol. The van der Waals surface area contributed by atoms with Crippen LogP contribution in [0.25, 0.3) is 0 Å². The van der Waals surface area contributed by atoms with Gasteiger partial charge in [0.05, 0.1) is 12.6 Å². The molecule has 182 valence electrons. The van der Waals surface area contributed by atoms with Crippen molar-refractivity contribution in [1.82, 2.24) is 21.3 Å². The molecule has 0 aliphatic carbocycles. The number of amides is 5. The second-order valence-corrected chi connectivity index (χ2v) is 7.38. The van der Waals surface area contributed by atoms with Gasteiger partial charge in [0.2, 0.25) is 17.7 Å². The standard InChI is InChI=1S/C18H32N6O8/c1-9(2)14(16(29)23-11(17(30)31)4-3-7-21-18(20)32)24-12(25)8-22-15(28)10(19)5-6-13(26)27/h9-11,14H,3-8,19H2,1-2H3,(H,22,28)(H,23,29)(H,24,25)(H,26,27)(H,30,31)(H3,20,21,32)/t10-,11-,14-/m0/s1. The molecule has 0 radical (unpaired) electrons. The summed E-state index contributed by atoms with van der Waals surface area (Å²) in [5.74, 6) is -4.96. The number of nitrogens with one attached hydrogen (secondary N) is 4. The number of hydrogen-bond donors (Lipinski definition) is 8. The number of carbonyl (C=O) groups is 6. The van der Waals surface area contributed by atoms with Crippen LogP contribution < -0.4 is 32.7 Å². The summed E-state index contributed by atoms with van der Waals surface area (Å²) in [4.78, 5) is 69.0. The Balaban J connectivity index is 4.75. The third kappa shape index (κ3) is 12.3. The first-order valence-corrected chi connectivity index (χ1v) is 9.96. The first kappa shape index (κ1) is 28.6. The van der Waals surface area contributed by atoms with Crippen molar-refractivity contribution in [2.24, 2.45) is 17.4 Å². The molecular weight excluding hydrogens is 428 g/mol. The van der Waals surface area contributed by atoms with Crippen LogP contribution in [0.3, 0.4) is 0 Å². The predicted octanol–water partition coefficient (Wildman–Crippen LogP) is -2.55. The molecule has 5 amide bonds. The molecule has 0 aromatic rings. The summed E-state index contributed by atoms with van der Waals surface area (Å²) in [6.07, 6.45) is -0.150. The van der Waals surface area contributed by atoms with Crippen molar-refractivity contribution in [3.05, 3.63) is 0 Å². The van der Waals surface area contributed by atoms with Gasteiger partial charge in [-0.3, -0.25) is 19.2 Å². The zero-order chi connectivity index (χ0) is 24.8. The Bertz CT molecular complexity index is 699. The lowest BCUT2D eigenvalue weighted by Crippen LogP contribution is -2.55. The van der Waals surface area contributed by atoms with Gasteiger partial charge in [-0.15, -0.1) is 0 Å². The minimum absolute atomic E-state index is 0.0183. The Kier molecular flexibility index (Phi) is 13.0. The Labute approximate surface area is 184 Å². The highest BCUT2D eigenvalue weighted by Gasteiger charge is 2.28. The van der Waals surface area contributed by atoms with Gasteiger partial charge in [0.25, 0.3) is 0 Å². The lowest BCUT2D eigenvalue weighted by Gasteiger charge is -2.24. The van der Waals surface area contributed by atoms with Gasteiger partial charge < -0.3 is 42.9 Å². The van der Waals surface area contributed by atoms with Crippen molar-refractivity contribution in [3.63, 3.8) is 0 Å². The Hall–Kier alpha value is -3.42. The van der Waals surface area contributed by atoms with E-state index < -0.39 is 66.3 Å². The Morgan fingerprint density at radius 1 is 0.906 bits per heavy atom. The molecule has 0 fully saturated rings. The molecule has 10 N–H and O–H groups in total. The van der Waals surface area contributed by atoms with Crippen LogP contribution >= 0.6 is 0 Å². The topological polar surface area (TPSA) is 243 Å². The smallest absolute Gasteiger partial charge is 0.326 e. The molecule has 3 atom stereocenters. The van der Waals surface area contributed by atoms with Crippen molar-refractivity contribution < 1.29 is 39.0 Å². The zero-order valence-electron chi connectivity index (χ0n) is 18.1. The molecule has 0 aliphatic heterocycles. The third-order valence-corrected chi connectivity index (χ3v) is 4.28. The van der Waals surface area contributed by atoms with Crippen LogP contribution in [0.1, 0.15) is 39.5 Å². The molecule has 0 aromatic heterocycles. The van der Waals surface area contributed by atoms with Crippen LogP contribution in [0.2, 0.25) is 0 Å². The molecular formula is C18H32N6O8. The van der Waals surface area contributed by atoms with Crippen LogP contribution in [-0.4, -0.2) is 77.1 Å². The molecule has 14 heteroatoms. The molecule has 0 unspecified atom stereocenters. The molecule has 0 rings (SSSR count). The molecule has 0 saturated carbocycles. The van der Waals surface area contributed by atoms with Crippen LogP contribution in [0, 0.1) is 5.92 Å². The number of urea groups is 1. The van der Waals surface area contributed by atoms with Gasteiger partial charge in [-0.1, -0.05) is 13.8 Å². The first-order valence-electron chi connectivity index (χ1n) is 9.96. The van der Waals surface area contributed by atoms with E-state index >= 15 is 0 Å². The number of rotatable bonds is 15. The molecule has 32 heavy (non-hydrogen) atoms. The molecule has 0 bridgehead atoms. The average molecular weight is 460 g/mol. The number of carboxylic acids is 2. The number of hydrogen-bond acceptors (Lipinski definition) is 7. The quantitative estimate of drug-likeness (QED) is 0.120. The first-order chi connectivity index (χ1) is 14.8. The molecule has 0 heterocycles. The van der Waals surface area contributed by atoms with E-state index in [0.717, 1.165) is 0 Å². The van der Waals surface area contributed by atoms with Crippen LogP contribution in [0.15, 0.2) is 0 Å². The summed E-state index contributed by atoms with van der Waals surface area (Å²) in [6.45, 7) is 2.90. The number of carboxylic acid groups (broad SMARTS) is 2. The molecule has 0 saturated heterocycles. The largest absolute Gasteiger partial charge is 0.481 e. The molecule has 0 aliphatic rings. The number of nitrogens with two attached hydrogens (primary N) is 2. The lowest BCUT2D eigenvalue weighted by atomic mass is 10.0. The summed E-state index contributed by atoms with van der Waals surface area (Å²) < 4.78 is 0. The highest BCUT2D eigenvalue weighted by molar-refractivity contribution is 5.92. The third-order valence-electron chi connectivity index (χ3n) is 4.28. The number of primary amides is 1. The summed E-state index contributed by atoms with van der Waals surface area (Å²) in [6, 6.07) is -4.19. The maximum atomic E-state index is 12.5. The van der Waals surface area contributed by atoms with Crippen molar-refractivity contribution >= 4 is 35.7 Å². The maximum Gasteiger partial charge on any atom is 0.326 e. The summed E-state index contributed by atoms with van der Waals surface area (Å²) in [7, 11) is 0. The van der Waals surface area contributed by atoms with Crippen molar-refractivity contribution in [1.29, 1.82) is 0 Å². The highest BCUT2D eigenvalue weighted by atomic mass is 16.4. The number of aliphatic carboxylic acids is 2. The average Bonchev–Trinajstić information content (AvgIpc) is 2.69. The van der Waals surface area contributed by atoms with E-state index in [1.165, 1.54) is 0 Å². The van der Waals surface area contributed by atoms with Crippen molar-refractivity contribution in [2.75, 3.05) is 13.1 Å². The van der Waals surface area contributed by atoms with Gasteiger partial charge in [-0.05, 0) is 25.2 Å². The summed E-state index contributed by atoms with van der Waals surface area (Å²) in [5.41, 5.74) is 10.5. The van der Waals surface area contributed by atoms with Gasteiger partial charge in [0.15, 0.2) is 0 Å². The number of carbonyl (C=O) groups excluding carboxylic acids is 4. The summed E-state index contributed by atoms with van der Waals surface area (Å²) in [5, 5.41) is 27.2. The van der Waals surface area contributed by atoms with E-state index in [9.17, 15) is 33.9 Å². The fraction of sp³-hybridized carbons (Fsp3) is 0.667. The lowest BCUT2D eigenvalue weighted by molar-refractivity contribution is -0.142. The van der Waals surface area contributed by atoms with Gasteiger partial charge in [0, 0.05) is 13.0 Å². The maximum absolute atomic E-state index is 12.5. The van der Waals surface area contributed by atoms with Gasteiger partial charge in [0.1, 0.15) is 12.1 Å². The van der Waals surface area contributed by atoms with E-state index in [2.05, 4.69) is 21.3 Å². The minimum atomic E-state index is -1.28. The second kappa shape index (κ2) is 14.6. The molecule has 14 nitrogen and oxygen atoms in total. The Morgan fingerprint density at radius 2 is 1.53 bits per heavy atom. The minimum Gasteiger partial charge on any atom is -0.481 e. The van der Waals surface area contributed by atoms with Crippen LogP contribution in [0.5, 0.6) is 0 Å². The van der Waals surface area contributed by atoms with Gasteiger partial charge in [-0.25, -0.2) is 9.59 Å². The van der Waals surface area contributed by atoms with E-state index in [1.807, 2.05) is 0 Å².